The summed E-state index contributed by atoms with van der Waals surface area (Å²) in [5.74, 6) is -0.520. The molecule has 1 aromatic heterocycles. The van der Waals surface area contributed by atoms with Crippen molar-refractivity contribution in [3.05, 3.63) is 75.7 Å². The Labute approximate surface area is 152 Å². The Kier molecular flexibility index (Phi) is 5.46. The molecular formula is C21H22N2O3. The van der Waals surface area contributed by atoms with Crippen molar-refractivity contribution in [2.24, 2.45) is 0 Å². The topological polar surface area (TPSA) is 61.2 Å². The van der Waals surface area contributed by atoms with E-state index in [0.717, 1.165) is 24.0 Å². The smallest absolute Gasteiger partial charge is 0.359 e. The third-order valence-electron chi connectivity index (χ3n) is 4.24. The number of ether oxygens (including phenoxy) is 1. The number of carbonyl (C=O) groups excluding carboxylic acids is 1. The van der Waals surface area contributed by atoms with Crippen molar-refractivity contribution in [2.45, 2.75) is 39.8 Å². The molecular weight excluding hydrogens is 328 g/mol. The Hall–Kier alpha value is -2.95. The average molecular weight is 350 g/mol. The maximum Gasteiger partial charge on any atom is 0.359 e. The maximum atomic E-state index is 12.7. The molecule has 0 radical (unpaired) electrons. The molecule has 0 saturated heterocycles. The minimum atomic E-state index is -0.520. The molecule has 0 N–H and O–H groups in total. The fraction of sp³-hybridized carbons (Fsp3) is 0.286. The Morgan fingerprint density at radius 1 is 1.12 bits per heavy atom. The number of aryl methyl sites for hydroxylation is 2. The molecule has 2 aromatic carbocycles. The van der Waals surface area contributed by atoms with Crippen LogP contribution in [0, 0.1) is 6.92 Å². The third kappa shape index (κ3) is 3.82. The lowest BCUT2D eigenvalue weighted by atomic mass is 10.1. The summed E-state index contributed by atoms with van der Waals surface area (Å²) >= 11 is 0. The molecule has 0 aliphatic rings. The van der Waals surface area contributed by atoms with Gasteiger partial charge in [-0.05, 0) is 25.0 Å². The van der Waals surface area contributed by atoms with Crippen LogP contribution in [0.25, 0.3) is 10.8 Å². The SMILES string of the molecule is CCCCn1nc(C(=O)OCc2cccc(C)c2)c2ccccc2c1=O. The van der Waals surface area contributed by atoms with Crippen LogP contribution in [0.3, 0.4) is 0 Å². The van der Waals surface area contributed by atoms with Gasteiger partial charge in [0.25, 0.3) is 5.56 Å². The lowest BCUT2D eigenvalue weighted by Crippen LogP contribution is -2.26. The Morgan fingerprint density at radius 3 is 2.62 bits per heavy atom. The summed E-state index contributed by atoms with van der Waals surface area (Å²) in [5.41, 5.74) is 2.03. The lowest BCUT2D eigenvalue weighted by molar-refractivity contribution is 0.0465. The number of nitrogens with zero attached hydrogens (tertiary/aromatic N) is 2. The van der Waals surface area contributed by atoms with Crippen molar-refractivity contribution >= 4 is 16.7 Å². The molecule has 0 bridgehead atoms. The van der Waals surface area contributed by atoms with Crippen molar-refractivity contribution in [1.29, 1.82) is 0 Å². The van der Waals surface area contributed by atoms with Gasteiger partial charge in [-0.2, -0.15) is 5.10 Å². The molecule has 5 nitrogen and oxygen atoms in total. The molecule has 0 amide bonds. The van der Waals surface area contributed by atoms with E-state index in [-0.39, 0.29) is 17.9 Å². The monoisotopic (exact) mass is 350 g/mol. The molecule has 0 fully saturated rings. The summed E-state index contributed by atoms with van der Waals surface area (Å²) in [6.45, 7) is 4.69. The molecule has 0 unspecified atom stereocenters. The highest BCUT2D eigenvalue weighted by atomic mass is 16.5. The van der Waals surface area contributed by atoms with E-state index in [1.54, 1.807) is 24.3 Å². The number of esters is 1. The number of unbranched alkanes of at least 4 members (excludes halogenated alkanes) is 1. The normalized spacial score (nSPS) is 10.8. The average Bonchev–Trinajstić information content (AvgIpc) is 2.66. The van der Waals surface area contributed by atoms with Gasteiger partial charge in [-0.15, -0.1) is 0 Å². The van der Waals surface area contributed by atoms with E-state index in [1.165, 1.54) is 4.68 Å². The molecule has 0 aliphatic heterocycles. The lowest BCUT2D eigenvalue weighted by Gasteiger charge is -2.11. The van der Waals surface area contributed by atoms with Gasteiger partial charge in [-0.25, -0.2) is 9.48 Å². The zero-order valence-electron chi connectivity index (χ0n) is 15.1. The summed E-state index contributed by atoms with van der Waals surface area (Å²) < 4.78 is 6.83. The van der Waals surface area contributed by atoms with Crippen molar-refractivity contribution < 1.29 is 9.53 Å². The molecule has 3 rings (SSSR count). The van der Waals surface area contributed by atoms with Crippen LogP contribution in [0.2, 0.25) is 0 Å². The molecule has 0 saturated carbocycles. The van der Waals surface area contributed by atoms with Crippen molar-refractivity contribution in [1.82, 2.24) is 9.78 Å². The summed E-state index contributed by atoms with van der Waals surface area (Å²) in [4.78, 5) is 25.2. The third-order valence-corrected chi connectivity index (χ3v) is 4.24. The van der Waals surface area contributed by atoms with E-state index in [0.29, 0.717) is 17.3 Å². The zero-order chi connectivity index (χ0) is 18.5. The standard InChI is InChI=1S/C21H22N2O3/c1-3-4-12-23-20(24)18-11-6-5-10-17(18)19(22-23)21(25)26-14-16-9-7-8-15(2)13-16/h5-11,13H,3-4,12,14H2,1-2H3. The zero-order valence-corrected chi connectivity index (χ0v) is 15.1. The van der Waals surface area contributed by atoms with Crippen LogP contribution in [0.15, 0.2) is 53.3 Å². The predicted molar refractivity (Wildman–Crippen MR) is 101 cm³/mol. The summed E-state index contributed by atoms with van der Waals surface area (Å²) in [6, 6.07) is 14.8. The van der Waals surface area contributed by atoms with Crippen molar-refractivity contribution in [2.75, 3.05) is 0 Å². The number of carbonyl (C=O) groups is 1. The number of hydrogen-bond acceptors (Lipinski definition) is 4. The highest BCUT2D eigenvalue weighted by Gasteiger charge is 2.18. The minimum Gasteiger partial charge on any atom is -0.456 e. The molecule has 3 aromatic rings. The Bertz CT molecular complexity index is 992. The molecule has 0 spiro atoms. The first-order chi connectivity index (χ1) is 12.6. The van der Waals surface area contributed by atoms with Gasteiger partial charge in [0.15, 0.2) is 5.69 Å². The van der Waals surface area contributed by atoms with Gasteiger partial charge in [0, 0.05) is 11.9 Å². The fourth-order valence-corrected chi connectivity index (χ4v) is 2.86. The van der Waals surface area contributed by atoms with Crippen LogP contribution in [-0.2, 0) is 17.9 Å². The van der Waals surface area contributed by atoms with Crippen LogP contribution in [-0.4, -0.2) is 15.7 Å². The number of fused-ring (bicyclic) bond motifs is 1. The van der Waals surface area contributed by atoms with Crippen LogP contribution < -0.4 is 5.56 Å². The molecule has 5 heteroatoms. The number of rotatable bonds is 6. The number of benzene rings is 2. The molecule has 26 heavy (non-hydrogen) atoms. The van der Waals surface area contributed by atoms with E-state index >= 15 is 0 Å². The van der Waals surface area contributed by atoms with Crippen molar-refractivity contribution in [3.8, 4) is 0 Å². The fourth-order valence-electron chi connectivity index (χ4n) is 2.86. The first-order valence-corrected chi connectivity index (χ1v) is 8.82. The molecule has 0 atom stereocenters. The van der Waals surface area contributed by atoms with E-state index in [4.69, 9.17) is 4.74 Å². The predicted octanol–water partition coefficient (Wildman–Crippen LogP) is 3.86. The van der Waals surface area contributed by atoms with Gasteiger partial charge in [-0.1, -0.05) is 61.4 Å². The van der Waals surface area contributed by atoms with Crippen LogP contribution in [0.4, 0.5) is 0 Å². The highest BCUT2D eigenvalue weighted by Crippen LogP contribution is 2.15. The van der Waals surface area contributed by atoms with Crippen LogP contribution >= 0.6 is 0 Å². The summed E-state index contributed by atoms with van der Waals surface area (Å²) in [6.07, 6.45) is 1.76. The first-order valence-electron chi connectivity index (χ1n) is 8.82. The maximum absolute atomic E-state index is 12.7. The number of hydrogen-bond donors (Lipinski definition) is 0. The second-order valence-corrected chi connectivity index (χ2v) is 6.34. The van der Waals surface area contributed by atoms with E-state index in [9.17, 15) is 9.59 Å². The minimum absolute atomic E-state index is 0.171. The highest BCUT2D eigenvalue weighted by molar-refractivity contribution is 6.02. The van der Waals surface area contributed by atoms with Gasteiger partial charge in [-0.3, -0.25) is 4.79 Å². The van der Waals surface area contributed by atoms with Crippen LogP contribution in [0.1, 0.15) is 41.4 Å². The van der Waals surface area contributed by atoms with Gasteiger partial charge in [0.1, 0.15) is 6.61 Å². The summed E-state index contributed by atoms with van der Waals surface area (Å²) in [7, 11) is 0. The first kappa shape index (κ1) is 17.9. The van der Waals surface area contributed by atoms with E-state index in [2.05, 4.69) is 5.10 Å². The molecule has 1 heterocycles. The van der Waals surface area contributed by atoms with Gasteiger partial charge < -0.3 is 4.74 Å². The van der Waals surface area contributed by atoms with Gasteiger partial charge in [0.2, 0.25) is 0 Å². The van der Waals surface area contributed by atoms with E-state index < -0.39 is 5.97 Å². The second kappa shape index (κ2) is 7.95. The van der Waals surface area contributed by atoms with Gasteiger partial charge >= 0.3 is 5.97 Å². The Balaban J connectivity index is 1.93. The second-order valence-electron chi connectivity index (χ2n) is 6.34. The number of aromatic nitrogens is 2. The molecule has 0 aliphatic carbocycles. The van der Waals surface area contributed by atoms with Crippen LogP contribution in [0.5, 0.6) is 0 Å². The quantitative estimate of drug-likeness (QED) is 0.633. The van der Waals surface area contributed by atoms with Crippen molar-refractivity contribution in [3.63, 3.8) is 0 Å². The Morgan fingerprint density at radius 2 is 1.88 bits per heavy atom. The van der Waals surface area contributed by atoms with E-state index in [1.807, 2.05) is 38.1 Å². The largest absolute Gasteiger partial charge is 0.456 e. The van der Waals surface area contributed by atoms with Gasteiger partial charge in [0.05, 0.1) is 5.39 Å². The molecule has 134 valence electrons. The summed E-state index contributed by atoms with van der Waals surface area (Å²) in [5, 5.41) is 5.31.